The Hall–Kier alpha value is -2.15. The zero-order valence-electron chi connectivity index (χ0n) is 14.4. The quantitative estimate of drug-likeness (QED) is 0.858. The Kier molecular flexibility index (Phi) is 5.86. The fourth-order valence-corrected chi connectivity index (χ4v) is 3.92. The van der Waals surface area contributed by atoms with Crippen LogP contribution in [0.1, 0.15) is 40.4 Å². The van der Waals surface area contributed by atoms with Crippen LogP contribution in [-0.4, -0.2) is 41.3 Å². The number of furan rings is 1. The van der Waals surface area contributed by atoms with E-state index >= 15 is 0 Å². The summed E-state index contributed by atoms with van der Waals surface area (Å²) in [6.07, 6.45) is 4.77. The second-order valence-corrected chi connectivity index (χ2v) is 7.34. The third-order valence-corrected chi connectivity index (χ3v) is 5.57. The van der Waals surface area contributed by atoms with E-state index in [0.717, 1.165) is 31.5 Å². The average Bonchev–Trinajstić information content (AvgIpc) is 3.30. The Labute approximate surface area is 151 Å². The summed E-state index contributed by atoms with van der Waals surface area (Å²) in [5.41, 5.74) is 2.85. The Morgan fingerprint density at radius 1 is 1.48 bits per heavy atom. The van der Waals surface area contributed by atoms with Crippen molar-refractivity contribution in [3.8, 4) is 0 Å². The fourth-order valence-electron chi connectivity index (χ4n) is 3.13. The molecule has 0 bridgehead atoms. The molecule has 3 heterocycles. The third kappa shape index (κ3) is 4.69. The van der Waals surface area contributed by atoms with E-state index in [0.29, 0.717) is 31.2 Å². The second kappa shape index (κ2) is 8.29. The molecule has 25 heavy (non-hydrogen) atoms. The molecule has 6 nitrogen and oxygen atoms in total. The largest absolute Gasteiger partial charge is 0.459 e. The van der Waals surface area contributed by atoms with Crippen molar-refractivity contribution in [2.24, 2.45) is 5.92 Å². The first-order valence-corrected chi connectivity index (χ1v) is 9.50. The normalized spacial score (nSPS) is 17.5. The highest BCUT2D eigenvalue weighted by Gasteiger charge is 2.24. The highest BCUT2D eigenvalue weighted by molar-refractivity contribution is 7.09. The number of piperidine rings is 1. The smallest absolute Gasteiger partial charge is 0.286 e. The Balaban J connectivity index is 1.44. The van der Waals surface area contributed by atoms with Gasteiger partial charge in [-0.2, -0.15) is 0 Å². The molecule has 2 aromatic heterocycles. The zero-order chi connectivity index (χ0) is 17.6. The molecule has 1 N–H and O–H groups in total. The van der Waals surface area contributed by atoms with Crippen LogP contribution in [0.2, 0.25) is 0 Å². The lowest BCUT2D eigenvalue weighted by molar-refractivity contribution is -0.132. The summed E-state index contributed by atoms with van der Waals surface area (Å²) in [6.45, 7) is 4.06. The molecule has 3 rings (SSSR count). The number of rotatable bonds is 6. The van der Waals surface area contributed by atoms with Crippen molar-refractivity contribution in [2.45, 2.75) is 32.6 Å². The van der Waals surface area contributed by atoms with Crippen LogP contribution < -0.4 is 5.32 Å². The van der Waals surface area contributed by atoms with Crippen LogP contribution in [0, 0.1) is 12.8 Å². The first-order chi connectivity index (χ1) is 12.1. The van der Waals surface area contributed by atoms with Crippen LogP contribution in [0.5, 0.6) is 0 Å². The van der Waals surface area contributed by atoms with Gasteiger partial charge in [0.15, 0.2) is 5.76 Å². The van der Waals surface area contributed by atoms with Crippen LogP contribution >= 0.6 is 11.3 Å². The minimum Gasteiger partial charge on any atom is -0.459 e. The minimum absolute atomic E-state index is 0.190. The molecular formula is C18H23N3O3S. The number of carbonyl (C=O) groups excluding carboxylic acids is 2. The number of thiazole rings is 1. The molecule has 7 heteroatoms. The van der Waals surface area contributed by atoms with Crippen molar-refractivity contribution >= 4 is 23.2 Å². The standard InChI is InChI=1S/C18H23N3O3S/c1-13-16(25-12-20-13)6-7-17(22)21-8-2-4-14(11-21)10-19-18(23)15-5-3-9-24-15/h3,5,9,12,14H,2,4,6-8,10-11H2,1H3,(H,19,23)/t14-/m0/s1. The second-order valence-electron chi connectivity index (χ2n) is 6.40. The van der Waals surface area contributed by atoms with Crippen molar-refractivity contribution in [1.82, 2.24) is 15.2 Å². The van der Waals surface area contributed by atoms with E-state index < -0.39 is 0 Å². The van der Waals surface area contributed by atoms with Gasteiger partial charge in [-0.1, -0.05) is 0 Å². The van der Waals surface area contributed by atoms with Gasteiger partial charge in [0.2, 0.25) is 5.91 Å². The van der Waals surface area contributed by atoms with Crippen molar-refractivity contribution < 1.29 is 14.0 Å². The van der Waals surface area contributed by atoms with Crippen molar-refractivity contribution in [3.05, 3.63) is 40.2 Å². The number of amides is 2. The van der Waals surface area contributed by atoms with E-state index in [-0.39, 0.29) is 11.8 Å². The Morgan fingerprint density at radius 2 is 2.36 bits per heavy atom. The van der Waals surface area contributed by atoms with E-state index in [1.807, 2.05) is 17.3 Å². The molecule has 1 aliphatic rings. The molecule has 2 aromatic rings. The van der Waals surface area contributed by atoms with E-state index in [2.05, 4.69) is 10.3 Å². The molecule has 0 aliphatic carbocycles. The summed E-state index contributed by atoms with van der Waals surface area (Å²) in [6, 6.07) is 3.34. The minimum atomic E-state index is -0.200. The summed E-state index contributed by atoms with van der Waals surface area (Å²) >= 11 is 1.61. The van der Waals surface area contributed by atoms with Gasteiger partial charge in [-0.25, -0.2) is 4.98 Å². The molecule has 134 valence electrons. The third-order valence-electron chi connectivity index (χ3n) is 4.58. The lowest BCUT2D eigenvalue weighted by Gasteiger charge is -2.33. The van der Waals surface area contributed by atoms with Crippen LogP contribution in [0.3, 0.4) is 0 Å². The van der Waals surface area contributed by atoms with Gasteiger partial charge in [-0.05, 0) is 44.2 Å². The van der Waals surface area contributed by atoms with Crippen LogP contribution in [0.4, 0.5) is 0 Å². The molecule has 0 radical (unpaired) electrons. The molecular weight excluding hydrogens is 338 g/mol. The van der Waals surface area contributed by atoms with Gasteiger partial charge in [0.1, 0.15) is 0 Å². The average molecular weight is 361 g/mol. The number of carbonyl (C=O) groups is 2. The SMILES string of the molecule is Cc1ncsc1CCC(=O)N1CCC[C@@H](CNC(=O)c2ccco2)C1. The first kappa shape index (κ1) is 17.7. The van der Waals surface area contributed by atoms with Gasteiger partial charge in [0.05, 0.1) is 17.5 Å². The summed E-state index contributed by atoms with van der Waals surface area (Å²) < 4.78 is 5.09. The van der Waals surface area contributed by atoms with Gasteiger partial charge in [0, 0.05) is 30.9 Å². The van der Waals surface area contributed by atoms with Crippen molar-refractivity contribution in [3.63, 3.8) is 0 Å². The van der Waals surface area contributed by atoms with Crippen molar-refractivity contribution in [2.75, 3.05) is 19.6 Å². The Bertz CT molecular complexity index is 711. The van der Waals surface area contributed by atoms with Gasteiger partial charge >= 0.3 is 0 Å². The maximum absolute atomic E-state index is 12.5. The molecule has 1 fully saturated rings. The van der Waals surface area contributed by atoms with Gasteiger partial charge in [0.25, 0.3) is 5.91 Å². The van der Waals surface area contributed by atoms with Crippen LogP contribution in [0.25, 0.3) is 0 Å². The highest BCUT2D eigenvalue weighted by atomic mass is 32.1. The number of nitrogens with one attached hydrogen (secondary N) is 1. The molecule has 0 aromatic carbocycles. The highest BCUT2D eigenvalue weighted by Crippen LogP contribution is 2.19. The molecule has 0 saturated carbocycles. The summed E-state index contributed by atoms with van der Waals surface area (Å²) in [5.74, 6) is 0.606. The number of likely N-dealkylation sites (tertiary alicyclic amines) is 1. The number of aromatic nitrogens is 1. The zero-order valence-corrected chi connectivity index (χ0v) is 15.2. The maximum Gasteiger partial charge on any atom is 0.286 e. The molecule has 0 unspecified atom stereocenters. The lowest BCUT2D eigenvalue weighted by atomic mass is 9.97. The van der Waals surface area contributed by atoms with E-state index in [1.54, 1.807) is 23.5 Å². The maximum atomic E-state index is 12.5. The molecule has 2 amide bonds. The van der Waals surface area contributed by atoms with Crippen molar-refractivity contribution in [1.29, 1.82) is 0 Å². The lowest BCUT2D eigenvalue weighted by Crippen LogP contribution is -2.43. The Morgan fingerprint density at radius 3 is 3.08 bits per heavy atom. The van der Waals surface area contributed by atoms with Crippen LogP contribution in [0.15, 0.2) is 28.3 Å². The summed E-state index contributed by atoms with van der Waals surface area (Å²) in [4.78, 5) is 31.8. The predicted octanol–water partition coefficient (Wildman–Crippen LogP) is 2.65. The molecule has 1 saturated heterocycles. The van der Waals surface area contributed by atoms with Gasteiger partial charge < -0.3 is 14.6 Å². The van der Waals surface area contributed by atoms with E-state index in [9.17, 15) is 9.59 Å². The molecule has 1 atom stereocenters. The number of hydrogen-bond donors (Lipinski definition) is 1. The van der Waals surface area contributed by atoms with E-state index in [4.69, 9.17) is 4.42 Å². The van der Waals surface area contributed by atoms with Gasteiger partial charge in [-0.15, -0.1) is 11.3 Å². The monoisotopic (exact) mass is 361 g/mol. The summed E-state index contributed by atoms with van der Waals surface area (Å²) in [5, 5.41) is 2.90. The number of hydrogen-bond acceptors (Lipinski definition) is 5. The fraction of sp³-hybridized carbons (Fsp3) is 0.500. The topological polar surface area (TPSA) is 75.4 Å². The van der Waals surface area contributed by atoms with E-state index in [1.165, 1.54) is 11.1 Å². The van der Waals surface area contributed by atoms with Crippen LogP contribution in [-0.2, 0) is 11.2 Å². The molecule has 1 aliphatic heterocycles. The predicted molar refractivity (Wildman–Crippen MR) is 95.5 cm³/mol. The molecule has 0 spiro atoms. The summed E-state index contributed by atoms with van der Waals surface area (Å²) in [7, 11) is 0. The number of aryl methyl sites for hydroxylation is 2. The number of nitrogens with zero attached hydrogens (tertiary/aromatic N) is 2. The van der Waals surface area contributed by atoms with Gasteiger partial charge in [-0.3, -0.25) is 9.59 Å². The first-order valence-electron chi connectivity index (χ1n) is 8.62.